The first kappa shape index (κ1) is 18.1. The summed E-state index contributed by atoms with van der Waals surface area (Å²) in [5.41, 5.74) is 1.47. The molecular weight excluding hydrogens is 350 g/mol. The molecule has 0 aliphatic heterocycles. The van der Waals surface area contributed by atoms with E-state index in [1.807, 2.05) is 6.07 Å². The monoisotopic (exact) mass is 364 g/mol. The number of ether oxygens (including phenoxy) is 1. The van der Waals surface area contributed by atoms with Gasteiger partial charge in [-0.3, -0.25) is 4.79 Å². The summed E-state index contributed by atoms with van der Waals surface area (Å²) in [6, 6.07) is 18.7. The van der Waals surface area contributed by atoms with Gasteiger partial charge in [-0.25, -0.2) is 8.78 Å². The van der Waals surface area contributed by atoms with E-state index in [0.29, 0.717) is 22.6 Å². The predicted molar refractivity (Wildman–Crippen MR) is 96.2 cm³/mol. The number of nitrogens with one attached hydrogen (secondary N) is 1. The van der Waals surface area contributed by atoms with Gasteiger partial charge in [-0.1, -0.05) is 18.2 Å². The molecule has 0 spiro atoms. The van der Waals surface area contributed by atoms with Crippen molar-refractivity contribution in [1.82, 2.24) is 0 Å². The van der Waals surface area contributed by atoms with Gasteiger partial charge in [0.25, 0.3) is 5.91 Å². The molecule has 3 aromatic rings. The van der Waals surface area contributed by atoms with E-state index in [4.69, 9.17) is 10.00 Å². The van der Waals surface area contributed by atoms with Gasteiger partial charge in [0, 0.05) is 16.8 Å². The van der Waals surface area contributed by atoms with Gasteiger partial charge in [0.05, 0.1) is 11.6 Å². The highest BCUT2D eigenvalue weighted by Gasteiger charge is 2.10. The minimum atomic E-state index is -0.952. The molecular formula is C21H14F2N2O2. The van der Waals surface area contributed by atoms with Crippen molar-refractivity contribution in [2.75, 3.05) is 5.32 Å². The van der Waals surface area contributed by atoms with Gasteiger partial charge in [-0.15, -0.1) is 0 Å². The van der Waals surface area contributed by atoms with Gasteiger partial charge in [-0.05, 0) is 48.5 Å². The minimum Gasteiger partial charge on any atom is -0.489 e. The van der Waals surface area contributed by atoms with Crippen LogP contribution in [-0.4, -0.2) is 5.91 Å². The Kier molecular flexibility index (Phi) is 5.43. The Morgan fingerprint density at radius 1 is 1.04 bits per heavy atom. The Morgan fingerprint density at radius 3 is 2.52 bits per heavy atom. The molecule has 0 atom stereocenters. The van der Waals surface area contributed by atoms with Crippen molar-refractivity contribution in [3.05, 3.63) is 95.1 Å². The first-order valence-corrected chi connectivity index (χ1v) is 8.04. The normalized spacial score (nSPS) is 10.1. The SMILES string of the molecule is N#Cc1ccc(NC(=O)c2cccc(OCc3cccc(F)c3F)c2)cc1. The maximum Gasteiger partial charge on any atom is 0.255 e. The molecule has 0 unspecified atom stereocenters. The fourth-order valence-corrected chi connectivity index (χ4v) is 2.38. The number of halogens is 2. The largest absolute Gasteiger partial charge is 0.489 e. The van der Waals surface area contributed by atoms with Gasteiger partial charge in [0.1, 0.15) is 12.4 Å². The van der Waals surface area contributed by atoms with E-state index in [9.17, 15) is 13.6 Å². The van der Waals surface area contributed by atoms with Gasteiger partial charge in [0.2, 0.25) is 0 Å². The van der Waals surface area contributed by atoms with Crippen LogP contribution >= 0.6 is 0 Å². The molecule has 0 fully saturated rings. The lowest BCUT2D eigenvalue weighted by Crippen LogP contribution is -2.12. The van der Waals surface area contributed by atoms with Gasteiger partial charge < -0.3 is 10.1 Å². The van der Waals surface area contributed by atoms with Gasteiger partial charge >= 0.3 is 0 Å². The Hall–Kier alpha value is -3.72. The summed E-state index contributed by atoms with van der Waals surface area (Å²) in [7, 11) is 0. The smallest absolute Gasteiger partial charge is 0.255 e. The summed E-state index contributed by atoms with van der Waals surface area (Å²) in [6.07, 6.45) is 0. The first-order chi connectivity index (χ1) is 13.1. The van der Waals surface area contributed by atoms with Crippen LogP contribution in [0.2, 0.25) is 0 Å². The molecule has 0 aliphatic carbocycles. The van der Waals surface area contributed by atoms with E-state index in [-0.39, 0.29) is 18.1 Å². The zero-order chi connectivity index (χ0) is 19.2. The summed E-state index contributed by atoms with van der Waals surface area (Å²) in [5, 5.41) is 11.5. The lowest BCUT2D eigenvalue weighted by molar-refractivity contribution is 0.102. The summed E-state index contributed by atoms with van der Waals surface area (Å²) in [4.78, 5) is 12.4. The molecule has 134 valence electrons. The number of hydrogen-bond acceptors (Lipinski definition) is 3. The summed E-state index contributed by atoms with van der Waals surface area (Å²) in [6.45, 7) is -0.162. The number of nitrogens with zero attached hydrogens (tertiary/aromatic N) is 1. The second-order valence-corrected chi connectivity index (χ2v) is 5.67. The molecule has 3 rings (SSSR count). The third-order valence-corrected chi connectivity index (χ3v) is 3.79. The second kappa shape index (κ2) is 8.11. The Bertz CT molecular complexity index is 1010. The van der Waals surface area contributed by atoms with Crippen molar-refractivity contribution in [2.24, 2.45) is 0 Å². The maximum atomic E-state index is 13.7. The molecule has 1 N–H and O–H groups in total. The van der Waals surface area contributed by atoms with Gasteiger partial charge in [0.15, 0.2) is 11.6 Å². The zero-order valence-corrected chi connectivity index (χ0v) is 14.1. The van der Waals surface area contributed by atoms with E-state index in [1.54, 1.807) is 42.5 Å². The van der Waals surface area contributed by atoms with E-state index >= 15 is 0 Å². The van der Waals surface area contributed by atoms with Crippen molar-refractivity contribution < 1.29 is 18.3 Å². The van der Waals surface area contributed by atoms with Crippen molar-refractivity contribution in [2.45, 2.75) is 6.61 Å². The van der Waals surface area contributed by atoms with Crippen molar-refractivity contribution >= 4 is 11.6 Å². The van der Waals surface area contributed by atoms with E-state index in [2.05, 4.69) is 5.32 Å². The third kappa shape index (κ3) is 4.47. The molecule has 0 saturated carbocycles. The fourth-order valence-electron chi connectivity index (χ4n) is 2.38. The van der Waals surface area contributed by atoms with Crippen molar-refractivity contribution in [3.63, 3.8) is 0 Å². The number of carbonyl (C=O) groups is 1. The zero-order valence-electron chi connectivity index (χ0n) is 14.1. The third-order valence-electron chi connectivity index (χ3n) is 3.79. The van der Waals surface area contributed by atoms with Crippen LogP contribution in [-0.2, 0) is 6.61 Å². The molecule has 3 aromatic carbocycles. The number of nitriles is 1. The minimum absolute atomic E-state index is 0.0856. The summed E-state index contributed by atoms with van der Waals surface area (Å²) in [5.74, 6) is -1.90. The molecule has 6 heteroatoms. The molecule has 1 amide bonds. The Labute approximate surface area is 154 Å². The quantitative estimate of drug-likeness (QED) is 0.716. The lowest BCUT2D eigenvalue weighted by atomic mass is 10.1. The predicted octanol–water partition coefficient (Wildman–Crippen LogP) is 4.67. The molecule has 0 aromatic heterocycles. The number of hydrogen-bond donors (Lipinski definition) is 1. The van der Waals surface area contributed by atoms with Crippen molar-refractivity contribution in [1.29, 1.82) is 5.26 Å². The highest BCUT2D eigenvalue weighted by molar-refractivity contribution is 6.04. The summed E-state index contributed by atoms with van der Waals surface area (Å²) < 4.78 is 32.4. The van der Waals surface area contributed by atoms with Crippen LogP contribution in [0, 0.1) is 23.0 Å². The second-order valence-electron chi connectivity index (χ2n) is 5.67. The number of rotatable bonds is 5. The van der Waals surface area contributed by atoms with E-state index in [1.165, 1.54) is 18.2 Å². The average molecular weight is 364 g/mol. The number of anilines is 1. The number of amides is 1. The molecule has 0 bridgehead atoms. The van der Waals surface area contributed by atoms with Crippen LogP contribution in [0.1, 0.15) is 21.5 Å². The van der Waals surface area contributed by atoms with Crippen LogP contribution in [0.15, 0.2) is 66.7 Å². The average Bonchev–Trinajstić information content (AvgIpc) is 2.70. The van der Waals surface area contributed by atoms with Crippen LogP contribution in [0.3, 0.4) is 0 Å². The Balaban J connectivity index is 1.68. The number of carbonyl (C=O) groups excluding carboxylic acids is 1. The standard InChI is InChI=1S/C21H14F2N2O2/c22-19-6-2-4-16(20(19)23)13-27-18-5-1-3-15(11-18)21(26)25-17-9-7-14(12-24)8-10-17/h1-11H,13H2,(H,25,26). The lowest BCUT2D eigenvalue weighted by Gasteiger charge is -2.10. The summed E-state index contributed by atoms with van der Waals surface area (Å²) >= 11 is 0. The molecule has 0 saturated heterocycles. The molecule has 4 nitrogen and oxygen atoms in total. The molecule has 0 aliphatic rings. The van der Waals surface area contributed by atoms with Crippen LogP contribution in [0.25, 0.3) is 0 Å². The van der Waals surface area contributed by atoms with Gasteiger partial charge in [-0.2, -0.15) is 5.26 Å². The molecule has 0 radical (unpaired) electrons. The first-order valence-electron chi connectivity index (χ1n) is 8.04. The Morgan fingerprint density at radius 2 is 1.78 bits per heavy atom. The van der Waals surface area contributed by atoms with Crippen LogP contribution < -0.4 is 10.1 Å². The topological polar surface area (TPSA) is 62.1 Å². The number of benzene rings is 3. The van der Waals surface area contributed by atoms with Crippen molar-refractivity contribution in [3.8, 4) is 11.8 Å². The molecule has 0 heterocycles. The fraction of sp³-hybridized carbons (Fsp3) is 0.0476. The maximum absolute atomic E-state index is 13.7. The highest BCUT2D eigenvalue weighted by atomic mass is 19.2. The highest BCUT2D eigenvalue weighted by Crippen LogP contribution is 2.19. The van der Waals surface area contributed by atoms with E-state index < -0.39 is 11.6 Å². The van der Waals surface area contributed by atoms with E-state index in [0.717, 1.165) is 6.07 Å². The van der Waals surface area contributed by atoms with Crippen LogP contribution in [0.5, 0.6) is 5.75 Å². The van der Waals surface area contributed by atoms with Crippen LogP contribution in [0.4, 0.5) is 14.5 Å². The molecule has 27 heavy (non-hydrogen) atoms.